The van der Waals surface area contributed by atoms with E-state index in [0.29, 0.717) is 21.5 Å². The van der Waals surface area contributed by atoms with Crippen LogP contribution < -0.4 is 5.73 Å². The van der Waals surface area contributed by atoms with E-state index >= 15 is 0 Å². The van der Waals surface area contributed by atoms with Gasteiger partial charge in [-0.25, -0.2) is 9.37 Å². The monoisotopic (exact) mass is 387 g/mol. The van der Waals surface area contributed by atoms with Crippen LogP contribution in [-0.2, 0) is 0 Å². The first-order chi connectivity index (χ1) is 9.47. The third-order valence-corrected chi connectivity index (χ3v) is 5.52. The van der Waals surface area contributed by atoms with E-state index < -0.39 is 0 Å². The highest BCUT2D eigenvalue weighted by Gasteiger charge is 2.28. The van der Waals surface area contributed by atoms with Gasteiger partial charge in [-0.05, 0) is 59.8 Å². The zero-order valence-electron chi connectivity index (χ0n) is 11.7. The van der Waals surface area contributed by atoms with Gasteiger partial charge in [0.05, 0.1) is 14.6 Å². The third-order valence-electron chi connectivity index (χ3n) is 4.69. The van der Waals surface area contributed by atoms with Crippen LogP contribution in [0.2, 0.25) is 0 Å². The van der Waals surface area contributed by atoms with Crippen molar-refractivity contribution in [1.29, 1.82) is 0 Å². The number of imidazole rings is 1. The van der Waals surface area contributed by atoms with E-state index in [1.807, 2.05) is 27.2 Å². The predicted octanol–water partition coefficient (Wildman–Crippen LogP) is 4.36. The van der Waals surface area contributed by atoms with E-state index in [0.717, 1.165) is 29.8 Å². The number of anilines is 1. The van der Waals surface area contributed by atoms with Crippen LogP contribution in [0.5, 0.6) is 0 Å². The molecule has 5 heteroatoms. The van der Waals surface area contributed by atoms with Crippen LogP contribution in [0.3, 0.4) is 0 Å². The maximum atomic E-state index is 13.9. The van der Waals surface area contributed by atoms with Gasteiger partial charge in [0, 0.05) is 12.1 Å². The third kappa shape index (κ3) is 2.29. The van der Waals surface area contributed by atoms with Gasteiger partial charge in [0.1, 0.15) is 5.82 Å². The second kappa shape index (κ2) is 5.16. The number of benzene rings is 1. The number of rotatable bonds is 1. The van der Waals surface area contributed by atoms with Crippen molar-refractivity contribution in [3.8, 4) is 0 Å². The summed E-state index contributed by atoms with van der Waals surface area (Å²) < 4.78 is 16.5. The summed E-state index contributed by atoms with van der Waals surface area (Å²) in [6.45, 7) is 4.59. The molecule has 0 aliphatic heterocycles. The maximum absolute atomic E-state index is 13.9. The summed E-state index contributed by atoms with van der Waals surface area (Å²) in [6.07, 6.45) is 3.37. The Morgan fingerprint density at radius 1 is 1.30 bits per heavy atom. The van der Waals surface area contributed by atoms with Crippen molar-refractivity contribution in [1.82, 2.24) is 9.55 Å². The van der Waals surface area contributed by atoms with Gasteiger partial charge in [-0.2, -0.15) is 0 Å². The summed E-state index contributed by atoms with van der Waals surface area (Å²) in [5, 5.41) is 0. The summed E-state index contributed by atoms with van der Waals surface area (Å²) in [5.41, 5.74) is 7.71. The molecule has 1 fully saturated rings. The molecule has 1 aromatic heterocycles. The number of nitrogens with two attached hydrogens (primary N) is 1. The van der Waals surface area contributed by atoms with E-state index in [1.165, 1.54) is 6.42 Å². The van der Waals surface area contributed by atoms with E-state index in [9.17, 15) is 4.39 Å². The molecule has 20 heavy (non-hydrogen) atoms. The number of hydrogen-bond acceptors (Lipinski definition) is 2. The average Bonchev–Trinajstić information content (AvgIpc) is 2.69. The molecular weight excluding hydrogens is 368 g/mol. The molecule has 0 saturated heterocycles. The molecule has 3 atom stereocenters. The summed E-state index contributed by atoms with van der Waals surface area (Å²) in [5.74, 6) is 1.73. The van der Waals surface area contributed by atoms with Gasteiger partial charge < -0.3 is 10.3 Å². The fourth-order valence-electron chi connectivity index (χ4n) is 3.25. The largest absolute Gasteiger partial charge is 0.369 e. The first-order valence-electron chi connectivity index (χ1n) is 7.09. The van der Waals surface area contributed by atoms with Gasteiger partial charge in [0.15, 0.2) is 0 Å². The molecule has 0 bridgehead atoms. The quantitative estimate of drug-likeness (QED) is 0.739. The molecule has 2 aromatic rings. The topological polar surface area (TPSA) is 43.8 Å². The Balaban J connectivity index is 2.07. The van der Waals surface area contributed by atoms with Crippen molar-refractivity contribution < 1.29 is 4.39 Å². The van der Waals surface area contributed by atoms with Gasteiger partial charge in [-0.1, -0.05) is 13.8 Å². The Morgan fingerprint density at radius 2 is 2.05 bits per heavy atom. The molecule has 0 amide bonds. The van der Waals surface area contributed by atoms with Crippen LogP contribution in [0, 0.1) is 21.2 Å². The van der Waals surface area contributed by atoms with Crippen molar-refractivity contribution in [3.05, 3.63) is 21.5 Å². The van der Waals surface area contributed by atoms with Crippen molar-refractivity contribution in [2.24, 2.45) is 11.8 Å². The Bertz CT molecular complexity index is 652. The van der Waals surface area contributed by atoms with Crippen LogP contribution in [0.25, 0.3) is 11.0 Å². The number of hydrogen-bond donors (Lipinski definition) is 1. The minimum absolute atomic E-state index is 0.198. The van der Waals surface area contributed by atoms with Gasteiger partial charge in [0.25, 0.3) is 0 Å². The van der Waals surface area contributed by atoms with Crippen LogP contribution in [0.4, 0.5) is 10.3 Å². The van der Waals surface area contributed by atoms with Gasteiger partial charge in [-0.3, -0.25) is 0 Å². The SMILES string of the molecule is CC1CCC(n2c(N)nc3cc(I)c(F)cc32)CC1C. The molecular formula is C15H19FIN3. The molecule has 108 valence electrons. The molecule has 1 saturated carbocycles. The summed E-state index contributed by atoms with van der Waals surface area (Å²) >= 11 is 1.99. The molecule has 2 N–H and O–H groups in total. The molecule has 3 nitrogen and oxygen atoms in total. The van der Waals surface area contributed by atoms with Crippen LogP contribution >= 0.6 is 22.6 Å². The van der Waals surface area contributed by atoms with E-state index in [1.54, 1.807) is 12.1 Å². The summed E-state index contributed by atoms with van der Waals surface area (Å²) in [6, 6.07) is 3.68. The van der Waals surface area contributed by atoms with Crippen molar-refractivity contribution in [2.45, 2.75) is 39.2 Å². The summed E-state index contributed by atoms with van der Waals surface area (Å²) in [7, 11) is 0. The predicted molar refractivity (Wildman–Crippen MR) is 88.0 cm³/mol. The number of aromatic nitrogens is 2. The molecule has 0 spiro atoms. The first-order valence-corrected chi connectivity index (χ1v) is 8.17. The van der Waals surface area contributed by atoms with Gasteiger partial charge in [0.2, 0.25) is 5.95 Å². The minimum Gasteiger partial charge on any atom is -0.369 e. The Hall–Kier alpha value is -0.850. The molecule has 0 radical (unpaired) electrons. The molecule has 1 aromatic carbocycles. The van der Waals surface area contributed by atoms with Crippen molar-refractivity contribution in [3.63, 3.8) is 0 Å². The lowest BCUT2D eigenvalue weighted by atomic mass is 9.79. The number of fused-ring (bicyclic) bond motifs is 1. The lowest BCUT2D eigenvalue weighted by Gasteiger charge is -2.33. The highest BCUT2D eigenvalue weighted by atomic mass is 127. The Morgan fingerprint density at radius 3 is 2.75 bits per heavy atom. The number of nitrogen functional groups attached to an aromatic ring is 1. The molecule has 1 aliphatic carbocycles. The fraction of sp³-hybridized carbons (Fsp3) is 0.533. The lowest BCUT2D eigenvalue weighted by Crippen LogP contribution is -2.24. The standard InChI is InChI=1S/C15H19FIN3/c1-8-3-4-10(5-9(8)2)20-14-6-11(16)12(17)7-13(14)19-15(20)18/h6-10H,3-5H2,1-2H3,(H2,18,19). The molecule has 3 unspecified atom stereocenters. The summed E-state index contributed by atoms with van der Waals surface area (Å²) in [4.78, 5) is 4.40. The second-order valence-electron chi connectivity index (χ2n) is 6.02. The normalized spacial score (nSPS) is 27.1. The fourth-order valence-corrected chi connectivity index (χ4v) is 3.70. The van der Waals surface area contributed by atoms with E-state index in [4.69, 9.17) is 5.73 Å². The van der Waals surface area contributed by atoms with E-state index in [2.05, 4.69) is 18.8 Å². The van der Waals surface area contributed by atoms with Crippen molar-refractivity contribution in [2.75, 3.05) is 5.73 Å². The Labute approximate surface area is 131 Å². The van der Waals surface area contributed by atoms with Crippen LogP contribution in [-0.4, -0.2) is 9.55 Å². The average molecular weight is 387 g/mol. The maximum Gasteiger partial charge on any atom is 0.201 e. The second-order valence-corrected chi connectivity index (χ2v) is 7.18. The van der Waals surface area contributed by atoms with Gasteiger partial charge in [-0.15, -0.1) is 0 Å². The number of halogens is 2. The first kappa shape index (κ1) is 14.1. The highest BCUT2D eigenvalue weighted by molar-refractivity contribution is 14.1. The smallest absolute Gasteiger partial charge is 0.201 e. The van der Waals surface area contributed by atoms with Crippen LogP contribution in [0.1, 0.15) is 39.2 Å². The number of nitrogens with zero attached hydrogens (tertiary/aromatic N) is 2. The van der Waals surface area contributed by atoms with E-state index in [-0.39, 0.29) is 5.82 Å². The zero-order chi connectivity index (χ0) is 14.4. The lowest BCUT2D eigenvalue weighted by molar-refractivity contribution is 0.215. The highest BCUT2D eigenvalue weighted by Crippen LogP contribution is 2.39. The Kier molecular flexibility index (Phi) is 3.64. The molecule has 1 aliphatic rings. The van der Waals surface area contributed by atoms with Crippen LogP contribution in [0.15, 0.2) is 12.1 Å². The molecule has 1 heterocycles. The molecule has 3 rings (SSSR count). The minimum atomic E-state index is -0.198. The van der Waals surface area contributed by atoms with Gasteiger partial charge >= 0.3 is 0 Å². The van der Waals surface area contributed by atoms with Crippen molar-refractivity contribution >= 4 is 39.6 Å². The zero-order valence-corrected chi connectivity index (χ0v) is 13.9.